The highest BCUT2D eigenvalue weighted by atomic mass is 16.5. The Hall–Kier alpha value is -3.93. The first kappa shape index (κ1) is 29.1. The molecule has 210 valence electrons. The van der Waals surface area contributed by atoms with Gasteiger partial charge in [0.1, 0.15) is 6.04 Å². The summed E-state index contributed by atoms with van der Waals surface area (Å²) in [7, 11) is 1.35. The van der Waals surface area contributed by atoms with Crippen molar-refractivity contribution in [3.63, 3.8) is 0 Å². The number of nitrogens with one attached hydrogen (secondary N) is 1. The van der Waals surface area contributed by atoms with Crippen LogP contribution >= 0.6 is 0 Å². The van der Waals surface area contributed by atoms with Gasteiger partial charge in [-0.05, 0) is 71.3 Å². The van der Waals surface area contributed by atoms with Crippen LogP contribution in [0, 0.1) is 5.92 Å². The van der Waals surface area contributed by atoms with Crippen molar-refractivity contribution in [1.29, 1.82) is 0 Å². The van der Waals surface area contributed by atoms with Crippen molar-refractivity contribution in [2.45, 2.75) is 71.9 Å². The zero-order chi connectivity index (χ0) is 28.6. The molecule has 0 aromatic heterocycles. The van der Waals surface area contributed by atoms with Crippen molar-refractivity contribution in [2.24, 2.45) is 5.92 Å². The average molecular weight is 541 g/mol. The lowest BCUT2D eigenvalue weighted by atomic mass is 10.00. The van der Waals surface area contributed by atoms with Crippen LogP contribution in [-0.2, 0) is 22.5 Å². The van der Waals surface area contributed by atoms with E-state index in [0.29, 0.717) is 23.4 Å². The number of benzene rings is 3. The van der Waals surface area contributed by atoms with E-state index in [2.05, 4.69) is 12.2 Å². The van der Waals surface area contributed by atoms with E-state index >= 15 is 0 Å². The minimum absolute atomic E-state index is 0.0637. The third-order valence-corrected chi connectivity index (χ3v) is 7.61. The van der Waals surface area contributed by atoms with Crippen LogP contribution in [0.5, 0.6) is 0 Å². The first-order valence-electron chi connectivity index (χ1n) is 14.3. The second-order valence-corrected chi connectivity index (χ2v) is 10.9. The maximum absolute atomic E-state index is 13.2. The predicted octanol–water partition coefficient (Wildman–Crippen LogP) is 7.27. The SMILES string of the molecule is CCCCCCCc1ccc(C(=O)Nc2ccc(-c3ccc4c(c3)C(=O)N([C@H](C(=O)OC)C(C)C)C4)cc2)cc1. The summed E-state index contributed by atoms with van der Waals surface area (Å²) in [5, 5.41) is 2.97. The molecule has 0 radical (unpaired) electrons. The molecular formula is C34H40N2O4. The number of esters is 1. The summed E-state index contributed by atoms with van der Waals surface area (Å²) >= 11 is 0. The summed E-state index contributed by atoms with van der Waals surface area (Å²) < 4.78 is 4.96. The number of hydrogen-bond acceptors (Lipinski definition) is 4. The zero-order valence-corrected chi connectivity index (χ0v) is 24.0. The molecule has 1 aliphatic heterocycles. The number of anilines is 1. The van der Waals surface area contributed by atoms with E-state index < -0.39 is 12.0 Å². The van der Waals surface area contributed by atoms with Gasteiger partial charge in [0, 0.05) is 23.4 Å². The quantitative estimate of drug-likeness (QED) is 0.194. The number of carbonyl (C=O) groups is 3. The Balaban J connectivity index is 1.38. The van der Waals surface area contributed by atoms with Gasteiger partial charge in [0.25, 0.3) is 11.8 Å². The van der Waals surface area contributed by atoms with E-state index in [1.54, 1.807) is 4.90 Å². The maximum Gasteiger partial charge on any atom is 0.328 e. The lowest BCUT2D eigenvalue weighted by Crippen LogP contribution is -2.45. The van der Waals surface area contributed by atoms with Gasteiger partial charge >= 0.3 is 5.97 Å². The Morgan fingerprint density at radius 2 is 1.57 bits per heavy atom. The number of nitrogens with zero attached hydrogens (tertiary/aromatic N) is 1. The molecule has 3 aromatic carbocycles. The first-order chi connectivity index (χ1) is 19.3. The molecule has 3 aromatic rings. The molecular weight excluding hydrogens is 500 g/mol. The number of aryl methyl sites for hydroxylation is 1. The van der Waals surface area contributed by atoms with Crippen molar-refractivity contribution in [1.82, 2.24) is 4.90 Å². The molecule has 0 saturated heterocycles. The molecule has 40 heavy (non-hydrogen) atoms. The average Bonchev–Trinajstić information content (AvgIpc) is 3.28. The Bertz CT molecular complexity index is 1330. The molecule has 1 N–H and O–H groups in total. The third kappa shape index (κ3) is 6.79. The molecule has 0 bridgehead atoms. The summed E-state index contributed by atoms with van der Waals surface area (Å²) in [5.41, 5.74) is 5.93. The van der Waals surface area contributed by atoms with Crippen LogP contribution in [0.2, 0.25) is 0 Å². The second-order valence-electron chi connectivity index (χ2n) is 10.9. The van der Waals surface area contributed by atoms with E-state index in [4.69, 9.17) is 4.74 Å². The molecule has 6 nitrogen and oxygen atoms in total. The van der Waals surface area contributed by atoms with Crippen molar-refractivity contribution in [3.05, 3.63) is 89.0 Å². The largest absolute Gasteiger partial charge is 0.467 e. The van der Waals surface area contributed by atoms with Crippen LogP contribution in [0.25, 0.3) is 11.1 Å². The van der Waals surface area contributed by atoms with Gasteiger partial charge in [-0.25, -0.2) is 4.79 Å². The number of hydrogen-bond donors (Lipinski definition) is 1. The molecule has 0 aliphatic carbocycles. The van der Waals surface area contributed by atoms with E-state index in [-0.39, 0.29) is 17.7 Å². The topological polar surface area (TPSA) is 75.7 Å². The van der Waals surface area contributed by atoms with Gasteiger partial charge in [0.15, 0.2) is 0 Å². The molecule has 1 aliphatic rings. The number of carbonyl (C=O) groups excluding carboxylic acids is 3. The molecule has 0 unspecified atom stereocenters. The van der Waals surface area contributed by atoms with Crippen molar-refractivity contribution in [3.8, 4) is 11.1 Å². The van der Waals surface area contributed by atoms with E-state index in [1.165, 1.54) is 44.8 Å². The fourth-order valence-corrected chi connectivity index (χ4v) is 5.31. The van der Waals surface area contributed by atoms with Gasteiger partial charge < -0.3 is 15.0 Å². The van der Waals surface area contributed by atoms with Crippen LogP contribution < -0.4 is 5.32 Å². The number of ether oxygens (including phenoxy) is 1. The van der Waals surface area contributed by atoms with Crippen LogP contribution in [0.4, 0.5) is 5.69 Å². The van der Waals surface area contributed by atoms with E-state index in [9.17, 15) is 14.4 Å². The zero-order valence-electron chi connectivity index (χ0n) is 24.0. The van der Waals surface area contributed by atoms with Crippen LogP contribution in [0.3, 0.4) is 0 Å². The minimum Gasteiger partial charge on any atom is -0.467 e. The summed E-state index contributed by atoms with van der Waals surface area (Å²) in [6, 6.07) is 20.7. The van der Waals surface area contributed by atoms with Crippen LogP contribution in [0.1, 0.15) is 84.7 Å². The number of unbranched alkanes of at least 4 members (excludes halogenated alkanes) is 4. The van der Waals surface area contributed by atoms with E-state index in [1.807, 2.05) is 80.6 Å². The predicted molar refractivity (Wildman–Crippen MR) is 159 cm³/mol. The smallest absolute Gasteiger partial charge is 0.328 e. The summed E-state index contributed by atoms with van der Waals surface area (Å²) in [5.74, 6) is -0.767. The standard InChI is InChI=1S/C34H40N2O4/c1-5-6-7-8-9-10-24-11-13-26(14-12-24)32(37)35-29-19-17-25(18-20-29)27-15-16-28-22-36(33(38)30(28)21-27)31(23(2)3)34(39)40-4/h11-21,23,31H,5-10,22H2,1-4H3,(H,35,37)/t31-/m0/s1. The number of fused-ring (bicyclic) bond motifs is 1. The summed E-state index contributed by atoms with van der Waals surface area (Å²) in [6.07, 6.45) is 7.31. The normalized spacial score (nSPS) is 13.3. The Labute approximate surface area is 237 Å². The fraction of sp³-hybridized carbons (Fsp3) is 0.382. The Morgan fingerprint density at radius 3 is 2.23 bits per heavy atom. The highest BCUT2D eigenvalue weighted by molar-refractivity contribution is 6.04. The van der Waals surface area contributed by atoms with Crippen molar-refractivity contribution in [2.75, 3.05) is 12.4 Å². The van der Waals surface area contributed by atoms with Gasteiger partial charge in [-0.3, -0.25) is 9.59 Å². The summed E-state index contributed by atoms with van der Waals surface area (Å²) in [6.45, 7) is 6.43. The van der Waals surface area contributed by atoms with Gasteiger partial charge in [0.2, 0.25) is 0 Å². The Morgan fingerprint density at radius 1 is 0.900 bits per heavy atom. The molecule has 0 spiro atoms. The number of amides is 2. The van der Waals surface area contributed by atoms with Gasteiger partial charge in [-0.1, -0.05) is 82.9 Å². The lowest BCUT2D eigenvalue weighted by Gasteiger charge is -2.28. The molecule has 4 rings (SSSR count). The number of rotatable bonds is 12. The molecule has 1 atom stereocenters. The van der Waals surface area contributed by atoms with E-state index in [0.717, 1.165) is 23.1 Å². The fourth-order valence-electron chi connectivity index (χ4n) is 5.31. The molecule has 2 amide bonds. The van der Waals surface area contributed by atoms with Gasteiger partial charge in [0.05, 0.1) is 7.11 Å². The summed E-state index contributed by atoms with van der Waals surface area (Å²) in [4.78, 5) is 40.0. The van der Waals surface area contributed by atoms with Crippen molar-refractivity contribution < 1.29 is 19.1 Å². The maximum atomic E-state index is 13.2. The molecule has 0 saturated carbocycles. The van der Waals surface area contributed by atoms with Crippen LogP contribution in [-0.4, -0.2) is 35.8 Å². The number of methoxy groups -OCH3 is 1. The second kappa shape index (κ2) is 13.4. The van der Waals surface area contributed by atoms with Gasteiger partial charge in [-0.2, -0.15) is 0 Å². The Kier molecular flexibility index (Phi) is 9.75. The highest BCUT2D eigenvalue weighted by Gasteiger charge is 2.38. The molecule has 6 heteroatoms. The molecule has 0 fully saturated rings. The molecule has 1 heterocycles. The lowest BCUT2D eigenvalue weighted by molar-refractivity contribution is -0.147. The highest BCUT2D eigenvalue weighted by Crippen LogP contribution is 2.32. The van der Waals surface area contributed by atoms with Crippen molar-refractivity contribution >= 4 is 23.5 Å². The van der Waals surface area contributed by atoms with Crippen LogP contribution in [0.15, 0.2) is 66.7 Å². The monoisotopic (exact) mass is 540 g/mol. The minimum atomic E-state index is -0.622. The first-order valence-corrected chi connectivity index (χ1v) is 14.3. The third-order valence-electron chi connectivity index (χ3n) is 7.61. The van der Waals surface area contributed by atoms with Gasteiger partial charge in [-0.15, -0.1) is 0 Å².